The molecule has 1 aromatic heterocycles. The number of carbonyl (C=O) groups excluding carboxylic acids is 1. The third-order valence-electron chi connectivity index (χ3n) is 6.25. The van der Waals surface area contributed by atoms with Crippen molar-refractivity contribution in [3.8, 4) is 11.5 Å². The molecule has 1 fully saturated rings. The zero-order chi connectivity index (χ0) is 24.1. The highest BCUT2D eigenvalue weighted by molar-refractivity contribution is 8.27. The zero-order valence-corrected chi connectivity index (χ0v) is 20.3. The first-order chi connectivity index (χ1) is 17.0. The zero-order valence-electron chi connectivity index (χ0n) is 18.7. The van der Waals surface area contributed by atoms with Crippen molar-refractivity contribution in [2.24, 2.45) is 0 Å². The highest BCUT2D eigenvalue weighted by atomic mass is 32.2. The molecule has 0 saturated carbocycles. The topological polar surface area (TPSA) is 43.7 Å². The Balaban J connectivity index is 1.40. The molecular weight excluding hydrogens is 483 g/mol. The fourth-order valence-electron chi connectivity index (χ4n) is 4.49. The van der Waals surface area contributed by atoms with E-state index in [9.17, 15) is 9.18 Å². The van der Waals surface area contributed by atoms with E-state index in [1.54, 1.807) is 30.3 Å². The van der Waals surface area contributed by atoms with Crippen molar-refractivity contribution in [1.29, 1.82) is 0 Å². The Morgan fingerprint density at radius 3 is 2.69 bits per heavy atom. The van der Waals surface area contributed by atoms with E-state index in [1.807, 2.05) is 43.3 Å². The van der Waals surface area contributed by atoms with Gasteiger partial charge in [0.15, 0.2) is 15.8 Å². The van der Waals surface area contributed by atoms with Gasteiger partial charge in [0.05, 0.1) is 17.1 Å². The normalized spacial score (nSPS) is 16.2. The van der Waals surface area contributed by atoms with Gasteiger partial charge in [-0.15, -0.1) is 0 Å². The van der Waals surface area contributed by atoms with Crippen molar-refractivity contribution >= 4 is 56.9 Å². The van der Waals surface area contributed by atoms with Crippen LogP contribution in [0.15, 0.2) is 71.6 Å². The summed E-state index contributed by atoms with van der Waals surface area (Å²) in [6.07, 6.45) is 1.89. The average molecular weight is 503 g/mol. The molecule has 0 N–H and O–H groups in total. The Morgan fingerprint density at radius 1 is 1.06 bits per heavy atom. The summed E-state index contributed by atoms with van der Waals surface area (Å²) in [5.74, 6) is 0.806. The summed E-state index contributed by atoms with van der Waals surface area (Å²) in [6, 6.07) is 20.1. The minimum atomic E-state index is -0.240. The number of ether oxygens (including phenoxy) is 2. The molecule has 0 spiro atoms. The molecule has 0 aliphatic carbocycles. The Morgan fingerprint density at radius 2 is 1.83 bits per heavy atom. The molecule has 6 rings (SSSR count). The van der Waals surface area contributed by atoms with E-state index in [4.69, 9.17) is 21.7 Å². The highest BCUT2D eigenvalue weighted by Gasteiger charge is 2.34. The molecule has 0 unspecified atom stereocenters. The van der Waals surface area contributed by atoms with Crippen molar-refractivity contribution < 1.29 is 18.7 Å². The van der Waals surface area contributed by atoms with Crippen LogP contribution in [0.3, 0.4) is 0 Å². The van der Waals surface area contributed by atoms with Crippen molar-refractivity contribution in [2.45, 2.75) is 13.5 Å². The highest BCUT2D eigenvalue weighted by Crippen LogP contribution is 2.41. The second kappa shape index (κ2) is 8.55. The van der Waals surface area contributed by atoms with Crippen LogP contribution < -0.4 is 14.4 Å². The third-order valence-corrected chi connectivity index (χ3v) is 7.55. The van der Waals surface area contributed by atoms with Crippen molar-refractivity contribution in [1.82, 2.24) is 4.57 Å². The van der Waals surface area contributed by atoms with E-state index in [2.05, 4.69) is 4.57 Å². The standard InChI is InChI=1S/C27H19FN2O3S2/c1-16-20(19-7-3-5-9-22(19)29(16)14-17-6-2-4-8-21(17)28)13-25-26(31)30(27(34)35-25)18-10-11-23-24(12-18)33-15-32-23/h2-13H,14-15H2,1H3/b25-13-. The van der Waals surface area contributed by atoms with E-state index in [0.717, 1.165) is 22.2 Å². The number of rotatable bonds is 4. The van der Waals surface area contributed by atoms with Crippen molar-refractivity contribution in [2.75, 3.05) is 11.7 Å². The summed E-state index contributed by atoms with van der Waals surface area (Å²) in [5, 5.41) is 0.995. The number of nitrogens with zero attached hydrogens (tertiary/aromatic N) is 2. The molecule has 3 heterocycles. The second-order valence-electron chi connectivity index (χ2n) is 8.25. The number of carbonyl (C=O) groups is 1. The summed E-state index contributed by atoms with van der Waals surface area (Å²) in [6.45, 7) is 2.55. The van der Waals surface area contributed by atoms with Crippen LogP contribution in [0, 0.1) is 12.7 Å². The quantitative estimate of drug-likeness (QED) is 0.243. The second-order valence-corrected chi connectivity index (χ2v) is 9.92. The van der Waals surface area contributed by atoms with E-state index in [1.165, 1.54) is 22.7 Å². The van der Waals surface area contributed by atoms with Gasteiger partial charge in [0, 0.05) is 33.8 Å². The van der Waals surface area contributed by atoms with Crippen LogP contribution in [0.5, 0.6) is 11.5 Å². The van der Waals surface area contributed by atoms with Gasteiger partial charge in [-0.05, 0) is 37.3 Å². The molecule has 0 bridgehead atoms. The molecule has 5 nitrogen and oxygen atoms in total. The lowest BCUT2D eigenvalue weighted by Gasteiger charge is -2.14. The van der Waals surface area contributed by atoms with Crippen LogP contribution in [-0.2, 0) is 11.3 Å². The summed E-state index contributed by atoms with van der Waals surface area (Å²) >= 11 is 6.83. The molecule has 2 aliphatic heterocycles. The number of hydrogen-bond donors (Lipinski definition) is 0. The average Bonchev–Trinajstić information content (AvgIpc) is 3.51. The molecule has 0 radical (unpaired) electrons. The predicted molar refractivity (Wildman–Crippen MR) is 140 cm³/mol. The summed E-state index contributed by atoms with van der Waals surface area (Å²) in [7, 11) is 0. The number of aromatic nitrogens is 1. The minimum Gasteiger partial charge on any atom is -0.454 e. The molecule has 174 valence electrons. The number of thiocarbonyl (C=S) groups is 1. The van der Waals surface area contributed by atoms with Gasteiger partial charge in [-0.25, -0.2) is 4.39 Å². The lowest BCUT2D eigenvalue weighted by atomic mass is 10.1. The van der Waals surface area contributed by atoms with Gasteiger partial charge < -0.3 is 14.0 Å². The van der Waals surface area contributed by atoms with Crippen molar-refractivity contribution in [3.63, 3.8) is 0 Å². The molecule has 8 heteroatoms. The fraction of sp³-hybridized carbons (Fsp3) is 0.111. The number of amides is 1. The van der Waals surface area contributed by atoms with Gasteiger partial charge in [0.25, 0.3) is 5.91 Å². The summed E-state index contributed by atoms with van der Waals surface area (Å²) in [4.78, 5) is 15.5. The first kappa shape index (κ1) is 21.9. The molecular formula is C27H19FN2O3S2. The Labute approximate surface area is 210 Å². The van der Waals surface area contributed by atoms with Crippen LogP contribution in [0.4, 0.5) is 10.1 Å². The number of benzene rings is 3. The van der Waals surface area contributed by atoms with E-state index in [0.29, 0.717) is 38.5 Å². The van der Waals surface area contributed by atoms with E-state index >= 15 is 0 Å². The van der Waals surface area contributed by atoms with Gasteiger partial charge >= 0.3 is 0 Å². The maximum Gasteiger partial charge on any atom is 0.270 e. The first-order valence-electron chi connectivity index (χ1n) is 11.0. The Hall–Kier alpha value is -3.62. The number of thioether (sulfide) groups is 1. The van der Waals surface area contributed by atoms with Gasteiger partial charge in [-0.1, -0.05) is 60.4 Å². The molecule has 1 saturated heterocycles. The lowest BCUT2D eigenvalue weighted by molar-refractivity contribution is -0.113. The van der Waals surface area contributed by atoms with Crippen LogP contribution >= 0.6 is 24.0 Å². The van der Waals surface area contributed by atoms with Gasteiger partial charge in [0.2, 0.25) is 6.79 Å². The smallest absolute Gasteiger partial charge is 0.270 e. The number of hydrogen-bond acceptors (Lipinski definition) is 5. The van der Waals surface area contributed by atoms with Gasteiger partial charge in [-0.3, -0.25) is 9.69 Å². The molecule has 2 aliphatic rings. The van der Waals surface area contributed by atoms with Crippen LogP contribution in [0.25, 0.3) is 17.0 Å². The molecule has 0 atom stereocenters. The summed E-state index contributed by atoms with van der Waals surface area (Å²) in [5.41, 5.74) is 4.09. The van der Waals surface area contributed by atoms with Crippen molar-refractivity contribution in [3.05, 3.63) is 94.3 Å². The number of fused-ring (bicyclic) bond motifs is 2. The lowest BCUT2D eigenvalue weighted by Crippen LogP contribution is -2.27. The molecule has 3 aromatic carbocycles. The van der Waals surface area contributed by atoms with Gasteiger partial charge in [0.1, 0.15) is 5.82 Å². The number of para-hydroxylation sites is 1. The number of halogens is 1. The van der Waals surface area contributed by atoms with Crippen LogP contribution in [0.1, 0.15) is 16.8 Å². The number of anilines is 1. The van der Waals surface area contributed by atoms with Crippen LogP contribution in [-0.4, -0.2) is 21.6 Å². The van der Waals surface area contributed by atoms with Crippen LogP contribution in [0.2, 0.25) is 0 Å². The largest absolute Gasteiger partial charge is 0.454 e. The fourth-order valence-corrected chi connectivity index (χ4v) is 5.77. The van der Waals surface area contributed by atoms with E-state index in [-0.39, 0.29) is 18.5 Å². The maximum absolute atomic E-state index is 14.4. The molecule has 35 heavy (non-hydrogen) atoms. The monoisotopic (exact) mass is 502 g/mol. The summed E-state index contributed by atoms with van der Waals surface area (Å²) < 4.78 is 27.8. The maximum atomic E-state index is 14.4. The van der Waals surface area contributed by atoms with Gasteiger partial charge in [-0.2, -0.15) is 0 Å². The third kappa shape index (κ3) is 3.69. The molecule has 1 amide bonds. The van der Waals surface area contributed by atoms with E-state index < -0.39 is 0 Å². The Kier molecular flexibility index (Phi) is 5.35. The Bertz CT molecular complexity index is 1560. The minimum absolute atomic E-state index is 0.160. The molecule has 4 aromatic rings. The SMILES string of the molecule is Cc1c(/C=C2\SC(=S)N(c3ccc4c(c3)OCO4)C2=O)c2ccccc2n1Cc1ccccc1F. The predicted octanol–water partition coefficient (Wildman–Crippen LogP) is 6.27. The first-order valence-corrected chi connectivity index (χ1v) is 12.2.